The molecule has 1 aliphatic heterocycles. The van der Waals surface area contributed by atoms with Crippen molar-refractivity contribution in [1.29, 1.82) is 0 Å². The van der Waals surface area contributed by atoms with Crippen molar-refractivity contribution in [3.8, 4) is 11.4 Å². The number of halogens is 3. The van der Waals surface area contributed by atoms with Gasteiger partial charge >= 0.3 is 12.3 Å². The number of anilines is 3. The number of ether oxygens (including phenoxy) is 1. The van der Waals surface area contributed by atoms with Crippen LogP contribution < -0.4 is 21.3 Å². The second kappa shape index (κ2) is 13.0. The summed E-state index contributed by atoms with van der Waals surface area (Å²) in [5.74, 6) is 0.736. The van der Waals surface area contributed by atoms with E-state index in [1.165, 1.54) is 6.20 Å². The molecule has 0 saturated carbocycles. The third-order valence-electron chi connectivity index (χ3n) is 6.33. The van der Waals surface area contributed by atoms with Crippen molar-refractivity contribution < 1.29 is 27.5 Å². The topological polar surface area (TPSA) is 148 Å². The lowest BCUT2D eigenvalue weighted by atomic mass is 9.89. The number of amides is 1. The smallest absolute Gasteiger partial charge is 0.418 e. The summed E-state index contributed by atoms with van der Waals surface area (Å²) in [6.45, 7) is 9.44. The first kappa shape index (κ1) is 32.0. The molecule has 226 valence electrons. The highest BCUT2D eigenvalue weighted by molar-refractivity contribution is 5.80. The summed E-state index contributed by atoms with van der Waals surface area (Å²) in [6, 6.07) is 6.06. The van der Waals surface area contributed by atoms with Gasteiger partial charge in [0.1, 0.15) is 28.5 Å². The maximum atomic E-state index is 12.8. The third kappa shape index (κ3) is 8.51. The molecule has 0 spiro atoms. The van der Waals surface area contributed by atoms with E-state index >= 15 is 0 Å². The molecule has 1 amide bonds. The molecule has 0 aromatic carbocycles. The third-order valence-corrected chi connectivity index (χ3v) is 6.33. The molecule has 1 fully saturated rings. The number of carbonyl (C=O) groups excluding carboxylic acids is 2. The zero-order valence-corrected chi connectivity index (χ0v) is 24.1. The zero-order chi connectivity index (χ0) is 31.1. The monoisotopic (exact) mass is 588 g/mol. The molecule has 4 heterocycles. The highest BCUT2D eigenvalue weighted by Crippen LogP contribution is 2.35. The van der Waals surface area contributed by atoms with E-state index in [0.29, 0.717) is 6.29 Å². The lowest BCUT2D eigenvalue weighted by molar-refractivity contribution is -0.137. The van der Waals surface area contributed by atoms with Crippen molar-refractivity contribution in [3.63, 3.8) is 0 Å². The standard InChI is InChI=1S/C17H28N4O2.C11H7F3N4O/c1-16(2,3)23-15(22)20-17(4)8-11-21(12-9-17)13-7-6-10-19-14(13)18-5;12-11(13,14)6-2-1-3-16-9(6)7-4-17-10(15)8(5-19)18-7/h6-7,10H,8-9,11-12H2,1-5H3,(H,18,19)(H,20,22);1-5H,(H2,15,17). The second-order valence-electron chi connectivity index (χ2n) is 10.8. The Morgan fingerprint density at radius 2 is 1.74 bits per heavy atom. The van der Waals surface area contributed by atoms with Crippen molar-refractivity contribution in [2.75, 3.05) is 36.1 Å². The summed E-state index contributed by atoms with van der Waals surface area (Å²) in [5, 5.41) is 6.16. The number of piperidine rings is 1. The van der Waals surface area contributed by atoms with Crippen LogP contribution in [-0.4, -0.2) is 63.6 Å². The van der Waals surface area contributed by atoms with Crippen LogP contribution in [0.3, 0.4) is 0 Å². The highest BCUT2D eigenvalue weighted by atomic mass is 19.4. The van der Waals surface area contributed by atoms with Crippen LogP contribution in [0.1, 0.15) is 56.6 Å². The van der Waals surface area contributed by atoms with E-state index in [-0.39, 0.29) is 28.8 Å². The molecule has 42 heavy (non-hydrogen) atoms. The van der Waals surface area contributed by atoms with E-state index < -0.39 is 23.0 Å². The Kier molecular flexibility index (Phi) is 9.91. The first-order valence-corrected chi connectivity index (χ1v) is 13.1. The van der Waals surface area contributed by atoms with E-state index in [9.17, 15) is 22.8 Å². The van der Waals surface area contributed by atoms with Crippen molar-refractivity contribution in [3.05, 3.63) is 54.1 Å². The summed E-state index contributed by atoms with van der Waals surface area (Å²) in [7, 11) is 1.88. The van der Waals surface area contributed by atoms with Gasteiger partial charge in [-0.1, -0.05) is 0 Å². The molecule has 0 bridgehead atoms. The molecule has 4 rings (SSSR count). The summed E-state index contributed by atoms with van der Waals surface area (Å²) < 4.78 is 43.8. The van der Waals surface area contributed by atoms with Gasteiger partial charge in [-0.25, -0.2) is 19.7 Å². The average molecular weight is 589 g/mol. The Morgan fingerprint density at radius 3 is 2.33 bits per heavy atom. The minimum Gasteiger partial charge on any atom is -0.444 e. The van der Waals surface area contributed by atoms with Gasteiger partial charge in [-0.05, 0) is 64.8 Å². The zero-order valence-electron chi connectivity index (χ0n) is 24.1. The highest BCUT2D eigenvalue weighted by Gasteiger charge is 2.35. The number of pyridine rings is 2. The van der Waals surface area contributed by atoms with Crippen molar-refractivity contribution in [2.45, 2.75) is 57.9 Å². The number of hydrogen-bond donors (Lipinski definition) is 3. The van der Waals surface area contributed by atoms with Gasteiger partial charge in [0.05, 0.1) is 17.4 Å². The largest absolute Gasteiger partial charge is 0.444 e. The minimum atomic E-state index is -4.58. The van der Waals surface area contributed by atoms with Gasteiger partial charge in [0.2, 0.25) is 0 Å². The Bertz CT molecular complexity index is 1390. The lowest BCUT2D eigenvalue weighted by Gasteiger charge is -2.41. The summed E-state index contributed by atoms with van der Waals surface area (Å²) in [4.78, 5) is 40.3. The van der Waals surface area contributed by atoms with Gasteiger partial charge in [0.25, 0.3) is 0 Å². The van der Waals surface area contributed by atoms with Crippen LogP contribution in [0.15, 0.2) is 42.9 Å². The minimum absolute atomic E-state index is 0.150. The van der Waals surface area contributed by atoms with E-state index in [0.717, 1.165) is 55.8 Å². The first-order chi connectivity index (χ1) is 19.7. The molecule has 11 nitrogen and oxygen atoms in total. The molecule has 0 radical (unpaired) electrons. The van der Waals surface area contributed by atoms with Crippen LogP contribution in [0.2, 0.25) is 0 Å². The van der Waals surface area contributed by atoms with Crippen LogP contribution in [0.5, 0.6) is 0 Å². The lowest BCUT2D eigenvalue weighted by Crippen LogP contribution is -2.54. The van der Waals surface area contributed by atoms with Crippen LogP contribution in [0.4, 0.5) is 35.3 Å². The summed E-state index contributed by atoms with van der Waals surface area (Å²) in [6.07, 6.45) is 1.16. The maximum Gasteiger partial charge on any atom is 0.418 e. The molecule has 3 aromatic heterocycles. The van der Waals surface area contributed by atoms with Crippen molar-refractivity contribution >= 4 is 29.7 Å². The van der Waals surface area contributed by atoms with Crippen molar-refractivity contribution in [1.82, 2.24) is 25.3 Å². The van der Waals surface area contributed by atoms with Gasteiger partial charge in [-0.15, -0.1) is 0 Å². The first-order valence-electron chi connectivity index (χ1n) is 13.1. The van der Waals surface area contributed by atoms with E-state index in [2.05, 4.69) is 48.5 Å². The summed E-state index contributed by atoms with van der Waals surface area (Å²) >= 11 is 0. The fourth-order valence-corrected chi connectivity index (χ4v) is 4.21. The number of carbonyl (C=O) groups is 2. The molecule has 0 atom stereocenters. The van der Waals surface area contributed by atoms with Crippen molar-refractivity contribution in [2.24, 2.45) is 0 Å². The number of aromatic nitrogens is 4. The van der Waals surface area contributed by atoms with E-state index in [1.54, 1.807) is 6.20 Å². The quantitative estimate of drug-likeness (QED) is 0.349. The Hall–Kier alpha value is -4.49. The molecule has 1 saturated heterocycles. The van der Waals surface area contributed by atoms with Crippen LogP contribution in [0.25, 0.3) is 11.4 Å². The fourth-order valence-electron chi connectivity index (χ4n) is 4.21. The Morgan fingerprint density at radius 1 is 1.10 bits per heavy atom. The van der Waals surface area contributed by atoms with Gasteiger partial charge < -0.3 is 26.0 Å². The normalized spacial score (nSPS) is 14.7. The number of nitrogens with one attached hydrogen (secondary N) is 2. The number of nitrogens with zero attached hydrogens (tertiary/aromatic N) is 5. The SMILES string of the molecule is CNc1ncccc1N1CCC(C)(NC(=O)OC(C)(C)C)CC1.Nc1ncc(-c2ncccc2C(F)(F)F)nc1C=O. The Balaban J connectivity index is 0.000000235. The van der Waals surface area contributed by atoms with Crippen LogP contribution in [-0.2, 0) is 10.9 Å². The second-order valence-corrected chi connectivity index (χ2v) is 10.8. The molecule has 1 aliphatic rings. The van der Waals surface area contributed by atoms with Gasteiger partial charge in [0.15, 0.2) is 12.1 Å². The fraction of sp³-hybridized carbons (Fsp3) is 0.429. The molecule has 0 unspecified atom stereocenters. The number of alkyl carbamates (subject to hydrolysis) is 1. The molecule has 4 N–H and O–H groups in total. The number of nitrogen functional groups attached to an aromatic ring is 1. The predicted molar refractivity (Wildman–Crippen MR) is 153 cm³/mol. The van der Waals surface area contributed by atoms with E-state index in [4.69, 9.17) is 10.5 Å². The molecular weight excluding hydrogens is 553 g/mol. The van der Waals surface area contributed by atoms with E-state index in [1.807, 2.05) is 33.9 Å². The number of rotatable bonds is 5. The number of hydrogen-bond acceptors (Lipinski definition) is 10. The number of nitrogens with two attached hydrogens (primary N) is 1. The summed E-state index contributed by atoms with van der Waals surface area (Å²) in [5.41, 5.74) is 4.01. The number of aldehydes is 1. The van der Waals surface area contributed by atoms with Gasteiger partial charge in [0, 0.05) is 38.1 Å². The van der Waals surface area contributed by atoms with Crippen LogP contribution in [0, 0.1) is 0 Å². The Labute approximate surface area is 242 Å². The van der Waals surface area contributed by atoms with Crippen LogP contribution >= 0.6 is 0 Å². The molecule has 14 heteroatoms. The molecule has 3 aromatic rings. The van der Waals surface area contributed by atoms with Gasteiger partial charge in [-0.3, -0.25) is 9.78 Å². The molecular formula is C28H35F3N8O3. The number of alkyl halides is 3. The van der Waals surface area contributed by atoms with Gasteiger partial charge in [-0.2, -0.15) is 13.2 Å². The maximum absolute atomic E-state index is 12.8. The average Bonchev–Trinajstić information content (AvgIpc) is 2.92. The predicted octanol–water partition coefficient (Wildman–Crippen LogP) is 4.96. The molecule has 0 aliphatic carbocycles.